The molecule has 1 saturated heterocycles. The Morgan fingerprint density at radius 3 is 2.08 bits per heavy atom. The molecule has 1 fully saturated rings. The zero-order chi connectivity index (χ0) is 9.26. The average Bonchev–Trinajstić information content (AvgIpc) is 2.49. The first-order valence-corrected chi connectivity index (χ1v) is 4.35. The summed E-state index contributed by atoms with van der Waals surface area (Å²) in [5.41, 5.74) is 0.894. The van der Waals surface area contributed by atoms with Crippen LogP contribution in [0.25, 0.3) is 0 Å². The van der Waals surface area contributed by atoms with Crippen molar-refractivity contribution in [1.82, 2.24) is 0 Å². The van der Waals surface area contributed by atoms with E-state index in [0.717, 1.165) is 5.69 Å². The molecule has 0 radical (unpaired) electrons. The first-order valence-electron chi connectivity index (χ1n) is 4.35. The molecule has 3 heteroatoms. The van der Waals surface area contributed by atoms with Gasteiger partial charge in [-0.1, -0.05) is 18.2 Å². The van der Waals surface area contributed by atoms with Gasteiger partial charge in [0, 0.05) is 5.69 Å². The Morgan fingerprint density at radius 2 is 1.54 bits per heavy atom. The van der Waals surface area contributed by atoms with Crippen molar-refractivity contribution in [3.63, 3.8) is 0 Å². The molecule has 70 valence electrons. The van der Waals surface area contributed by atoms with E-state index in [1.807, 2.05) is 30.3 Å². The highest BCUT2D eigenvalue weighted by Crippen LogP contribution is 2.23. The fourth-order valence-electron chi connectivity index (χ4n) is 1.57. The molecule has 0 bridgehead atoms. The van der Waals surface area contributed by atoms with Crippen molar-refractivity contribution in [2.24, 2.45) is 0 Å². The minimum absolute atomic E-state index is 0.172. The Labute approximate surface area is 76.0 Å². The SMILES string of the molecule is F[C@@H]1CN(c2ccccc2)C[C@@H]1F. The molecule has 0 aromatic heterocycles. The molecule has 1 aromatic rings. The lowest BCUT2D eigenvalue weighted by molar-refractivity contribution is 0.217. The van der Waals surface area contributed by atoms with Crippen LogP contribution < -0.4 is 4.90 Å². The van der Waals surface area contributed by atoms with E-state index in [-0.39, 0.29) is 13.1 Å². The fourth-order valence-corrected chi connectivity index (χ4v) is 1.57. The molecule has 0 spiro atoms. The molecule has 1 aromatic carbocycles. The van der Waals surface area contributed by atoms with Gasteiger partial charge in [0.05, 0.1) is 13.1 Å². The lowest BCUT2D eigenvalue weighted by atomic mass is 10.3. The highest BCUT2D eigenvalue weighted by molar-refractivity contribution is 5.47. The molecule has 2 atom stereocenters. The van der Waals surface area contributed by atoms with Gasteiger partial charge in [0.15, 0.2) is 12.3 Å². The Bertz CT molecular complexity index is 266. The van der Waals surface area contributed by atoms with Gasteiger partial charge in [0.25, 0.3) is 0 Å². The Morgan fingerprint density at radius 1 is 1.00 bits per heavy atom. The Kier molecular flexibility index (Phi) is 2.17. The van der Waals surface area contributed by atoms with E-state index in [1.165, 1.54) is 0 Å². The maximum absolute atomic E-state index is 12.8. The van der Waals surface area contributed by atoms with Crippen molar-refractivity contribution in [1.29, 1.82) is 0 Å². The monoisotopic (exact) mass is 183 g/mol. The van der Waals surface area contributed by atoms with Crippen LogP contribution in [0.4, 0.5) is 14.5 Å². The molecule has 1 aliphatic rings. The Hall–Kier alpha value is -1.12. The van der Waals surface area contributed by atoms with Gasteiger partial charge in [-0.05, 0) is 12.1 Å². The number of hydrogen-bond donors (Lipinski definition) is 0. The smallest absolute Gasteiger partial charge is 0.150 e. The number of anilines is 1. The molecule has 0 N–H and O–H groups in total. The van der Waals surface area contributed by atoms with Gasteiger partial charge in [0.1, 0.15) is 0 Å². The standard InChI is InChI=1S/C10H11F2N/c11-9-6-13(7-10(9)12)8-4-2-1-3-5-8/h1-5,9-10H,6-7H2/t9-,10+. The van der Waals surface area contributed by atoms with Crippen molar-refractivity contribution >= 4 is 5.69 Å². The minimum atomic E-state index is -1.33. The molecule has 1 aliphatic heterocycles. The van der Waals surface area contributed by atoms with Crippen LogP contribution in [0, 0.1) is 0 Å². The molecule has 1 nitrogen and oxygen atoms in total. The predicted molar refractivity (Wildman–Crippen MR) is 48.4 cm³/mol. The van der Waals surface area contributed by atoms with Crippen LogP contribution >= 0.6 is 0 Å². The number of alkyl halides is 2. The first-order chi connectivity index (χ1) is 6.27. The zero-order valence-electron chi connectivity index (χ0n) is 7.16. The number of halogens is 2. The summed E-state index contributed by atoms with van der Waals surface area (Å²) in [7, 11) is 0. The molecule has 0 amide bonds. The fraction of sp³-hybridized carbons (Fsp3) is 0.400. The maximum Gasteiger partial charge on any atom is 0.150 e. The summed E-state index contributed by atoms with van der Waals surface area (Å²) in [5.74, 6) is 0. The van der Waals surface area contributed by atoms with E-state index in [1.54, 1.807) is 4.90 Å². The van der Waals surface area contributed by atoms with Crippen LogP contribution in [0.2, 0.25) is 0 Å². The van der Waals surface area contributed by atoms with Crippen molar-refractivity contribution in [2.45, 2.75) is 12.3 Å². The molecule has 2 rings (SSSR count). The quantitative estimate of drug-likeness (QED) is 0.645. The second kappa shape index (κ2) is 3.32. The van der Waals surface area contributed by atoms with E-state index in [2.05, 4.69) is 0 Å². The summed E-state index contributed by atoms with van der Waals surface area (Å²) in [4.78, 5) is 1.73. The molecule has 1 heterocycles. The normalized spacial score (nSPS) is 28.0. The molecule has 0 unspecified atom stereocenters. The molecule has 0 saturated carbocycles. The van der Waals surface area contributed by atoms with Crippen LogP contribution in [0.1, 0.15) is 0 Å². The van der Waals surface area contributed by atoms with E-state index < -0.39 is 12.3 Å². The molecule has 0 aliphatic carbocycles. The van der Waals surface area contributed by atoms with Crippen LogP contribution in [0.5, 0.6) is 0 Å². The van der Waals surface area contributed by atoms with Gasteiger partial charge in [-0.3, -0.25) is 0 Å². The van der Waals surface area contributed by atoms with Crippen LogP contribution in [0.15, 0.2) is 30.3 Å². The summed E-state index contributed by atoms with van der Waals surface area (Å²) in [6.07, 6.45) is -2.67. The second-order valence-electron chi connectivity index (χ2n) is 3.27. The third-order valence-corrected chi connectivity index (χ3v) is 2.30. The van der Waals surface area contributed by atoms with Gasteiger partial charge in [0.2, 0.25) is 0 Å². The van der Waals surface area contributed by atoms with Crippen molar-refractivity contribution in [2.75, 3.05) is 18.0 Å². The highest BCUT2D eigenvalue weighted by Gasteiger charge is 2.32. The summed E-state index contributed by atoms with van der Waals surface area (Å²) in [6, 6.07) is 9.36. The van der Waals surface area contributed by atoms with Crippen molar-refractivity contribution in [3.8, 4) is 0 Å². The van der Waals surface area contributed by atoms with E-state index in [0.29, 0.717) is 0 Å². The zero-order valence-corrected chi connectivity index (χ0v) is 7.16. The maximum atomic E-state index is 12.8. The number of nitrogens with zero attached hydrogens (tertiary/aromatic N) is 1. The second-order valence-corrected chi connectivity index (χ2v) is 3.27. The minimum Gasteiger partial charge on any atom is -0.365 e. The third-order valence-electron chi connectivity index (χ3n) is 2.30. The van der Waals surface area contributed by atoms with Gasteiger partial charge in [-0.25, -0.2) is 8.78 Å². The lowest BCUT2D eigenvalue weighted by Gasteiger charge is -2.16. The van der Waals surface area contributed by atoms with Crippen LogP contribution in [0.3, 0.4) is 0 Å². The van der Waals surface area contributed by atoms with Crippen LogP contribution in [-0.2, 0) is 0 Å². The topological polar surface area (TPSA) is 3.24 Å². The summed E-state index contributed by atoms with van der Waals surface area (Å²) >= 11 is 0. The molecular formula is C10H11F2N. The largest absolute Gasteiger partial charge is 0.365 e. The predicted octanol–water partition coefficient (Wildman–Crippen LogP) is 2.18. The van der Waals surface area contributed by atoms with Gasteiger partial charge in [-0.2, -0.15) is 0 Å². The van der Waals surface area contributed by atoms with E-state index in [4.69, 9.17) is 0 Å². The number of rotatable bonds is 1. The van der Waals surface area contributed by atoms with Gasteiger partial charge < -0.3 is 4.90 Å². The lowest BCUT2D eigenvalue weighted by Crippen LogP contribution is -2.19. The van der Waals surface area contributed by atoms with Crippen molar-refractivity contribution < 1.29 is 8.78 Å². The van der Waals surface area contributed by atoms with Crippen molar-refractivity contribution in [3.05, 3.63) is 30.3 Å². The summed E-state index contributed by atoms with van der Waals surface area (Å²) in [6.45, 7) is 0.344. The van der Waals surface area contributed by atoms with E-state index in [9.17, 15) is 8.78 Å². The van der Waals surface area contributed by atoms with E-state index >= 15 is 0 Å². The van der Waals surface area contributed by atoms with Gasteiger partial charge in [-0.15, -0.1) is 0 Å². The highest BCUT2D eigenvalue weighted by atomic mass is 19.2. The third kappa shape index (κ3) is 1.64. The first kappa shape index (κ1) is 8.48. The van der Waals surface area contributed by atoms with Gasteiger partial charge >= 0.3 is 0 Å². The molecule has 13 heavy (non-hydrogen) atoms. The average molecular weight is 183 g/mol. The number of para-hydroxylation sites is 1. The number of benzene rings is 1. The summed E-state index contributed by atoms with van der Waals surface area (Å²) < 4.78 is 25.7. The van der Waals surface area contributed by atoms with Crippen LogP contribution in [-0.4, -0.2) is 25.4 Å². The Balaban J connectivity index is 2.12. The number of hydrogen-bond acceptors (Lipinski definition) is 1. The summed E-state index contributed by atoms with van der Waals surface area (Å²) in [5, 5.41) is 0. The molecular weight excluding hydrogens is 172 g/mol.